The Morgan fingerprint density at radius 2 is 2.14 bits per heavy atom. The summed E-state index contributed by atoms with van der Waals surface area (Å²) in [5.41, 5.74) is 1.05. The molecule has 1 aromatic heterocycles. The van der Waals surface area contributed by atoms with Crippen molar-refractivity contribution in [2.75, 3.05) is 33.4 Å². The van der Waals surface area contributed by atoms with Crippen LogP contribution in [0.1, 0.15) is 31.0 Å². The molecule has 118 valence electrons. The number of nitrogens with one attached hydrogen (secondary N) is 1. The molecule has 1 aliphatic heterocycles. The van der Waals surface area contributed by atoms with Gasteiger partial charge < -0.3 is 14.6 Å². The number of hydrogen-bond donors (Lipinski definition) is 1. The summed E-state index contributed by atoms with van der Waals surface area (Å²) in [5, 5.41) is 3.11. The normalized spacial score (nSPS) is 21.4. The van der Waals surface area contributed by atoms with E-state index in [2.05, 4.69) is 9.88 Å². The lowest BCUT2D eigenvalue weighted by atomic mass is 10.4. The van der Waals surface area contributed by atoms with Crippen molar-refractivity contribution in [3.8, 4) is 0 Å². The van der Waals surface area contributed by atoms with Gasteiger partial charge in [-0.1, -0.05) is 0 Å². The summed E-state index contributed by atoms with van der Waals surface area (Å²) in [6.07, 6.45) is 4.85. The van der Waals surface area contributed by atoms with E-state index in [4.69, 9.17) is 4.74 Å². The van der Waals surface area contributed by atoms with Crippen LogP contribution in [0.25, 0.3) is 0 Å². The zero-order valence-electron chi connectivity index (χ0n) is 12.4. The Hall–Kier alpha value is -0.890. The Morgan fingerprint density at radius 3 is 2.86 bits per heavy atom. The lowest BCUT2D eigenvalue weighted by molar-refractivity contribution is 0.148. The standard InChI is InChI=1S/C14H23N3O3S/c1-15-10-13-9-14(11-17(13)12-3-4-12)21(18,19)16-5-2-7-20-8-6-16/h9,11-12,15H,2-8,10H2,1H3. The Morgan fingerprint density at radius 1 is 1.33 bits per heavy atom. The SMILES string of the molecule is CNCc1cc(S(=O)(=O)N2CCCOCC2)cn1C1CC1. The summed E-state index contributed by atoms with van der Waals surface area (Å²) >= 11 is 0. The molecular weight excluding hydrogens is 290 g/mol. The monoisotopic (exact) mass is 313 g/mol. The molecule has 2 fully saturated rings. The molecule has 0 unspecified atom stereocenters. The number of aromatic nitrogens is 1. The zero-order valence-corrected chi connectivity index (χ0v) is 13.2. The highest BCUT2D eigenvalue weighted by Crippen LogP contribution is 2.37. The van der Waals surface area contributed by atoms with Crippen molar-refractivity contribution < 1.29 is 13.2 Å². The fourth-order valence-corrected chi connectivity index (χ4v) is 4.28. The molecule has 0 amide bonds. The minimum Gasteiger partial charge on any atom is -0.380 e. The number of sulfonamides is 1. The lowest BCUT2D eigenvalue weighted by Crippen LogP contribution is -2.33. The number of ether oxygens (including phenoxy) is 1. The van der Waals surface area contributed by atoms with Gasteiger partial charge in [-0.2, -0.15) is 4.31 Å². The van der Waals surface area contributed by atoms with E-state index in [9.17, 15) is 8.42 Å². The predicted molar refractivity (Wildman–Crippen MR) is 79.7 cm³/mol. The number of nitrogens with zero attached hydrogens (tertiary/aromatic N) is 2. The maximum Gasteiger partial charge on any atom is 0.244 e. The second kappa shape index (κ2) is 6.08. The first kappa shape index (κ1) is 15.0. The quantitative estimate of drug-likeness (QED) is 0.879. The first-order valence-electron chi connectivity index (χ1n) is 7.56. The van der Waals surface area contributed by atoms with E-state index in [1.165, 1.54) is 0 Å². The van der Waals surface area contributed by atoms with Crippen LogP contribution in [0.15, 0.2) is 17.2 Å². The topological polar surface area (TPSA) is 63.6 Å². The van der Waals surface area contributed by atoms with E-state index in [0.717, 1.165) is 25.0 Å². The van der Waals surface area contributed by atoms with Crippen molar-refractivity contribution in [3.63, 3.8) is 0 Å². The largest absolute Gasteiger partial charge is 0.380 e. The van der Waals surface area contributed by atoms with Gasteiger partial charge >= 0.3 is 0 Å². The first-order valence-corrected chi connectivity index (χ1v) is 9.00. The Labute approximate surface area is 126 Å². The van der Waals surface area contributed by atoms with Gasteiger partial charge in [0, 0.05) is 44.2 Å². The lowest BCUT2D eigenvalue weighted by Gasteiger charge is -2.18. The number of hydrogen-bond acceptors (Lipinski definition) is 4. The molecule has 1 saturated heterocycles. The number of rotatable bonds is 5. The summed E-state index contributed by atoms with van der Waals surface area (Å²) < 4.78 is 34.6. The van der Waals surface area contributed by atoms with Crippen molar-refractivity contribution in [2.24, 2.45) is 0 Å². The Balaban J connectivity index is 1.88. The molecule has 0 bridgehead atoms. The van der Waals surface area contributed by atoms with E-state index in [1.54, 1.807) is 4.31 Å². The molecule has 2 heterocycles. The van der Waals surface area contributed by atoms with Crippen molar-refractivity contribution in [1.82, 2.24) is 14.2 Å². The van der Waals surface area contributed by atoms with Gasteiger partial charge in [-0.15, -0.1) is 0 Å². The molecule has 3 rings (SSSR count). The van der Waals surface area contributed by atoms with Crippen molar-refractivity contribution >= 4 is 10.0 Å². The van der Waals surface area contributed by atoms with E-state index < -0.39 is 10.0 Å². The van der Waals surface area contributed by atoms with Crippen LogP contribution in [-0.2, 0) is 21.3 Å². The third kappa shape index (κ3) is 3.15. The molecular formula is C14H23N3O3S. The summed E-state index contributed by atoms with van der Waals surface area (Å²) in [4.78, 5) is 0.418. The fraction of sp³-hybridized carbons (Fsp3) is 0.714. The van der Waals surface area contributed by atoms with Gasteiger partial charge in [0.1, 0.15) is 4.90 Å². The second-order valence-corrected chi connectivity index (χ2v) is 7.64. The molecule has 0 spiro atoms. The van der Waals surface area contributed by atoms with Crippen LogP contribution < -0.4 is 5.32 Å². The van der Waals surface area contributed by atoms with Gasteiger partial charge in [0.2, 0.25) is 10.0 Å². The molecule has 1 saturated carbocycles. The molecule has 1 N–H and O–H groups in total. The maximum atomic E-state index is 12.8. The van der Waals surface area contributed by atoms with Gasteiger partial charge in [-0.05, 0) is 32.4 Å². The van der Waals surface area contributed by atoms with E-state index in [1.807, 2.05) is 19.3 Å². The molecule has 0 radical (unpaired) electrons. The van der Waals surface area contributed by atoms with E-state index in [-0.39, 0.29) is 0 Å². The van der Waals surface area contributed by atoms with Gasteiger partial charge in [0.05, 0.1) is 6.61 Å². The molecule has 0 aromatic carbocycles. The molecule has 21 heavy (non-hydrogen) atoms. The molecule has 2 aliphatic rings. The van der Waals surface area contributed by atoms with E-state index in [0.29, 0.717) is 43.8 Å². The van der Waals surface area contributed by atoms with Crippen LogP contribution in [0.4, 0.5) is 0 Å². The average molecular weight is 313 g/mol. The summed E-state index contributed by atoms with van der Waals surface area (Å²) in [5.74, 6) is 0. The third-order valence-electron chi connectivity index (χ3n) is 4.02. The first-order chi connectivity index (χ1) is 10.1. The average Bonchev–Trinajstić information content (AvgIpc) is 3.25. The smallest absolute Gasteiger partial charge is 0.244 e. The third-order valence-corrected chi connectivity index (χ3v) is 5.89. The highest BCUT2D eigenvalue weighted by Gasteiger charge is 2.31. The Bertz CT molecular complexity index is 585. The molecule has 1 aliphatic carbocycles. The van der Waals surface area contributed by atoms with E-state index >= 15 is 0 Å². The van der Waals surface area contributed by atoms with Gasteiger partial charge in [-0.25, -0.2) is 8.42 Å². The van der Waals surface area contributed by atoms with Gasteiger partial charge in [0.15, 0.2) is 0 Å². The highest BCUT2D eigenvalue weighted by molar-refractivity contribution is 7.89. The maximum absolute atomic E-state index is 12.8. The summed E-state index contributed by atoms with van der Waals surface area (Å²) in [7, 11) is -1.53. The summed E-state index contributed by atoms with van der Waals surface area (Å²) in [6.45, 7) is 2.79. The molecule has 1 aromatic rings. The van der Waals surface area contributed by atoms with Crippen LogP contribution in [0.3, 0.4) is 0 Å². The van der Waals surface area contributed by atoms with Crippen molar-refractivity contribution in [2.45, 2.75) is 36.7 Å². The van der Waals surface area contributed by atoms with Crippen LogP contribution in [0.5, 0.6) is 0 Å². The minimum atomic E-state index is -3.41. The summed E-state index contributed by atoms with van der Waals surface area (Å²) in [6, 6.07) is 2.29. The molecule has 0 atom stereocenters. The Kier molecular flexibility index (Phi) is 4.35. The van der Waals surface area contributed by atoms with Crippen LogP contribution in [-0.4, -0.2) is 50.6 Å². The van der Waals surface area contributed by atoms with Crippen LogP contribution >= 0.6 is 0 Å². The zero-order chi connectivity index (χ0) is 14.9. The second-order valence-electron chi connectivity index (χ2n) is 5.71. The minimum absolute atomic E-state index is 0.418. The van der Waals surface area contributed by atoms with Gasteiger partial charge in [-0.3, -0.25) is 0 Å². The molecule has 7 heteroatoms. The van der Waals surface area contributed by atoms with Crippen LogP contribution in [0.2, 0.25) is 0 Å². The molecule has 6 nitrogen and oxygen atoms in total. The van der Waals surface area contributed by atoms with Crippen molar-refractivity contribution in [1.29, 1.82) is 0 Å². The van der Waals surface area contributed by atoms with Gasteiger partial charge in [0.25, 0.3) is 0 Å². The van der Waals surface area contributed by atoms with Crippen molar-refractivity contribution in [3.05, 3.63) is 18.0 Å². The predicted octanol–water partition coefficient (Wildman–Crippen LogP) is 0.953. The fourth-order valence-electron chi connectivity index (χ4n) is 2.77. The van der Waals surface area contributed by atoms with Crippen LogP contribution in [0, 0.1) is 0 Å². The highest BCUT2D eigenvalue weighted by atomic mass is 32.2.